The van der Waals surface area contributed by atoms with E-state index < -0.39 is 12.1 Å². The number of fused-ring (bicyclic) bond motifs is 2. The van der Waals surface area contributed by atoms with Gasteiger partial charge < -0.3 is 14.6 Å². The van der Waals surface area contributed by atoms with Crippen molar-refractivity contribution in [2.75, 3.05) is 20.2 Å². The van der Waals surface area contributed by atoms with Gasteiger partial charge in [0.2, 0.25) is 0 Å². The van der Waals surface area contributed by atoms with Crippen LogP contribution < -0.4 is 4.74 Å². The van der Waals surface area contributed by atoms with Crippen LogP contribution in [0, 0.1) is 11.8 Å². The lowest BCUT2D eigenvalue weighted by Crippen LogP contribution is -2.42. The van der Waals surface area contributed by atoms with Crippen LogP contribution in [-0.4, -0.2) is 58.0 Å². The normalized spacial score (nSPS) is 26.0. The maximum atomic E-state index is 11.8. The Morgan fingerprint density at radius 1 is 1.13 bits per heavy atom. The third-order valence-corrected chi connectivity index (χ3v) is 6.59. The number of methoxy groups -OCH3 is 1. The quantitative estimate of drug-likeness (QED) is 0.639. The monoisotopic (exact) mass is 421 g/mol. The number of hydrogen-bond acceptors (Lipinski definition) is 6. The molecule has 2 aliphatic rings. The number of ether oxygens (including phenoxy) is 2. The first kappa shape index (κ1) is 20.0. The number of aromatic nitrogens is 2. The second-order valence-electron chi connectivity index (χ2n) is 8.61. The average Bonchev–Trinajstić information content (AvgIpc) is 3.40. The van der Waals surface area contributed by atoms with E-state index in [9.17, 15) is 9.90 Å². The minimum atomic E-state index is -0.516. The number of esters is 1. The molecular formula is C24H27N3O4. The lowest BCUT2D eigenvalue weighted by Gasteiger charge is -2.35. The zero-order valence-corrected chi connectivity index (χ0v) is 17.6. The van der Waals surface area contributed by atoms with Crippen LogP contribution in [0.4, 0.5) is 0 Å². The predicted molar refractivity (Wildman–Crippen MR) is 115 cm³/mol. The maximum absolute atomic E-state index is 11.8. The molecule has 0 bridgehead atoms. The molecule has 3 heterocycles. The second kappa shape index (κ2) is 8.32. The van der Waals surface area contributed by atoms with Crippen molar-refractivity contribution in [2.24, 2.45) is 11.8 Å². The smallest absolute Gasteiger partial charge is 0.337 e. The topological polar surface area (TPSA) is 76.3 Å². The maximum Gasteiger partial charge on any atom is 0.337 e. The zero-order chi connectivity index (χ0) is 21.4. The van der Waals surface area contributed by atoms with Gasteiger partial charge in [0.15, 0.2) is 0 Å². The van der Waals surface area contributed by atoms with Gasteiger partial charge in [-0.1, -0.05) is 12.1 Å². The summed E-state index contributed by atoms with van der Waals surface area (Å²) in [5.74, 6) is 1.14. The fourth-order valence-electron chi connectivity index (χ4n) is 5.09. The minimum Gasteiger partial charge on any atom is -0.488 e. The van der Waals surface area contributed by atoms with E-state index in [0.717, 1.165) is 38.0 Å². The molecule has 1 N–H and O–H groups in total. The van der Waals surface area contributed by atoms with Crippen LogP contribution in [0.2, 0.25) is 0 Å². The zero-order valence-electron chi connectivity index (χ0n) is 17.6. The molecule has 1 aliphatic heterocycles. The van der Waals surface area contributed by atoms with E-state index in [4.69, 9.17) is 9.47 Å². The Hall–Kier alpha value is -2.90. The summed E-state index contributed by atoms with van der Waals surface area (Å²) in [4.78, 5) is 14.2. The first-order valence-electron chi connectivity index (χ1n) is 10.8. The van der Waals surface area contributed by atoms with Crippen LogP contribution in [0.25, 0.3) is 5.52 Å². The third kappa shape index (κ3) is 4.03. The minimum absolute atomic E-state index is 0.274. The molecular weight excluding hydrogens is 394 g/mol. The Morgan fingerprint density at radius 2 is 1.94 bits per heavy atom. The van der Waals surface area contributed by atoms with Crippen molar-refractivity contribution in [3.63, 3.8) is 0 Å². The Bertz CT molecular complexity index is 1080. The molecule has 162 valence electrons. The van der Waals surface area contributed by atoms with Gasteiger partial charge in [-0.25, -0.2) is 9.31 Å². The fourth-order valence-corrected chi connectivity index (χ4v) is 5.09. The van der Waals surface area contributed by atoms with Gasteiger partial charge in [0.25, 0.3) is 0 Å². The lowest BCUT2D eigenvalue weighted by atomic mass is 9.78. The van der Waals surface area contributed by atoms with Crippen molar-refractivity contribution < 1.29 is 19.4 Å². The summed E-state index contributed by atoms with van der Waals surface area (Å²) in [6.07, 6.45) is 2.57. The molecule has 0 unspecified atom stereocenters. The molecule has 4 atom stereocenters. The number of rotatable bonds is 5. The van der Waals surface area contributed by atoms with Crippen molar-refractivity contribution in [1.29, 1.82) is 0 Å². The number of carbonyl (C=O) groups excluding carboxylic acids is 1. The molecule has 7 heteroatoms. The van der Waals surface area contributed by atoms with Crippen molar-refractivity contribution in [1.82, 2.24) is 14.5 Å². The van der Waals surface area contributed by atoms with Gasteiger partial charge in [0.1, 0.15) is 11.9 Å². The van der Waals surface area contributed by atoms with Crippen molar-refractivity contribution in [2.45, 2.75) is 31.6 Å². The summed E-state index contributed by atoms with van der Waals surface area (Å²) >= 11 is 0. The summed E-state index contributed by atoms with van der Waals surface area (Å²) in [6.45, 7) is 2.80. The lowest BCUT2D eigenvalue weighted by molar-refractivity contribution is -0.0231. The largest absolute Gasteiger partial charge is 0.488 e. The summed E-state index contributed by atoms with van der Waals surface area (Å²) in [6, 6.07) is 15.2. The molecule has 0 radical (unpaired) electrons. The molecule has 0 amide bonds. The second-order valence-corrected chi connectivity index (χ2v) is 8.61. The summed E-state index contributed by atoms with van der Waals surface area (Å²) in [5.41, 5.74) is 2.73. The Balaban J connectivity index is 1.25. The highest BCUT2D eigenvalue weighted by Crippen LogP contribution is 2.38. The summed E-state index contributed by atoms with van der Waals surface area (Å²) < 4.78 is 12.9. The van der Waals surface area contributed by atoms with E-state index in [0.29, 0.717) is 23.1 Å². The standard InChI is InChI=1S/C24H27N3O4/c1-30-24(29)16-4-2-7-21(10-16)31-23-12-18-14-26(13-17(18)11-22(23)28)15-20-6-3-5-19-8-9-25-27(19)20/h2-10,17-18,22-23,28H,11-15H2,1H3/t17-,18+,22+,23+/m0/s1. The molecule has 7 nitrogen and oxygen atoms in total. The number of pyridine rings is 1. The van der Waals surface area contributed by atoms with Crippen LogP contribution in [0.3, 0.4) is 0 Å². The number of benzene rings is 1. The summed E-state index contributed by atoms with van der Waals surface area (Å²) in [7, 11) is 1.36. The van der Waals surface area contributed by atoms with Crippen LogP contribution in [0.15, 0.2) is 54.7 Å². The van der Waals surface area contributed by atoms with Crippen LogP contribution in [-0.2, 0) is 11.3 Å². The first-order valence-corrected chi connectivity index (χ1v) is 10.8. The molecule has 5 rings (SSSR count). The number of aliphatic hydroxyl groups is 1. The van der Waals surface area contributed by atoms with Gasteiger partial charge in [0, 0.05) is 25.8 Å². The Morgan fingerprint density at radius 3 is 2.77 bits per heavy atom. The highest BCUT2D eigenvalue weighted by atomic mass is 16.5. The van der Waals surface area contributed by atoms with Gasteiger partial charge >= 0.3 is 5.97 Å². The van der Waals surface area contributed by atoms with Gasteiger partial charge in [-0.3, -0.25) is 4.90 Å². The number of nitrogens with zero attached hydrogens (tertiary/aromatic N) is 3. The molecule has 31 heavy (non-hydrogen) atoms. The van der Waals surface area contributed by atoms with Crippen molar-refractivity contribution in [3.05, 3.63) is 66.0 Å². The number of carbonyl (C=O) groups is 1. The van der Waals surface area contributed by atoms with Gasteiger partial charge in [0.05, 0.1) is 30.0 Å². The highest BCUT2D eigenvalue weighted by molar-refractivity contribution is 5.89. The van der Waals surface area contributed by atoms with Gasteiger partial charge in [-0.2, -0.15) is 5.10 Å². The van der Waals surface area contributed by atoms with E-state index in [1.807, 2.05) is 22.8 Å². The van der Waals surface area contributed by atoms with E-state index in [-0.39, 0.29) is 6.10 Å². The SMILES string of the molecule is COC(=O)c1cccc(O[C@@H]2C[C@@H]3CN(Cc4cccc5ccnn45)C[C@@H]3C[C@H]2O)c1. The Kier molecular flexibility index (Phi) is 5.38. The predicted octanol–water partition coefficient (Wildman–Crippen LogP) is 2.77. The van der Waals surface area contributed by atoms with E-state index in [1.165, 1.54) is 12.8 Å². The molecule has 2 fully saturated rings. The molecule has 1 saturated heterocycles. The highest BCUT2D eigenvalue weighted by Gasteiger charge is 2.42. The molecule has 0 spiro atoms. The van der Waals surface area contributed by atoms with Crippen LogP contribution in [0.1, 0.15) is 28.9 Å². The van der Waals surface area contributed by atoms with E-state index >= 15 is 0 Å². The van der Waals surface area contributed by atoms with Crippen molar-refractivity contribution >= 4 is 11.5 Å². The fraction of sp³-hybridized carbons (Fsp3) is 0.417. The molecule has 1 saturated carbocycles. The number of hydrogen-bond donors (Lipinski definition) is 1. The Labute approximate surface area is 181 Å². The molecule has 1 aromatic carbocycles. The molecule has 3 aromatic rings. The third-order valence-electron chi connectivity index (χ3n) is 6.59. The number of likely N-dealkylation sites (tertiary alicyclic amines) is 1. The average molecular weight is 421 g/mol. The first-order chi connectivity index (χ1) is 15.1. The van der Waals surface area contributed by atoms with Gasteiger partial charge in [-0.15, -0.1) is 0 Å². The van der Waals surface area contributed by atoms with Crippen LogP contribution in [0.5, 0.6) is 5.75 Å². The molecule has 1 aliphatic carbocycles. The molecule has 2 aromatic heterocycles. The van der Waals surface area contributed by atoms with Crippen LogP contribution >= 0.6 is 0 Å². The van der Waals surface area contributed by atoms with Gasteiger partial charge in [-0.05, 0) is 61.1 Å². The number of aliphatic hydroxyl groups excluding tert-OH is 1. The van der Waals surface area contributed by atoms with E-state index in [2.05, 4.69) is 28.2 Å². The summed E-state index contributed by atoms with van der Waals surface area (Å²) in [5, 5.41) is 15.2. The van der Waals surface area contributed by atoms with Crippen molar-refractivity contribution in [3.8, 4) is 5.75 Å². The van der Waals surface area contributed by atoms with E-state index in [1.54, 1.807) is 18.2 Å².